The van der Waals surface area contributed by atoms with Crippen LogP contribution >= 0.6 is 0 Å². The number of aromatic nitrogens is 1. The van der Waals surface area contributed by atoms with Crippen molar-refractivity contribution in [1.82, 2.24) is 4.98 Å². The Morgan fingerprint density at radius 2 is 2.26 bits per heavy atom. The molecule has 6 nitrogen and oxygen atoms in total. The first kappa shape index (κ1) is 12.9. The number of carbonyl (C=O) groups excluding carboxylic acids is 1. The Bertz CT molecular complexity index is 592. The number of rotatable bonds is 4. The maximum Gasteiger partial charge on any atom is 0.362 e. The molecule has 0 fully saturated rings. The fraction of sp³-hybridized carbons (Fsp3) is 0.231. The van der Waals surface area contributed by atoms with Crippen LogP contribution in [0, 0.1) is 0 Å². The average molecular weight is 262 g/mol. The third kappa shape index (κ3) is 2.67. The zero-order valence-corrected chi connectivity index (χ0v) is 10.7. The minimum absolute atomic E-state index is 0.0142. The number of ether oxygens (including phenoxy) is 2. The standard InChI is InChI=1S/C13H14N2O4/c1-3-18-13(16)10-11(14)19-12(15-10)8-5-4-6-9(7-8)17-2/h4-7H,3,14H2,1-2H3. The number of esters is 1. The molecule has 0 saturated carbocycles. The Morgan fingerprint density at radius 1 is 1.47 bits per heavy atom. The van der Waals surface area contributed by atoms with E-state index in [1.165, 1.54) is 0 Å². The van der Waals surface area contributed by atoms with Gasteiger partial charge in [-0.2, -0.15) is 4.98 Å². The van der Waals surface area contributed by atoms with Gasteiger partial charge >= 0.3 is 5.97 Å². The molecule has 0 aliphatic carbocycles. The monoisotopic (exact) mass is 262 g/mol. The molecule has 2 aromatic rings. The molecule has 0 bridgehead atoms. The van der Waals surface area contributed by atoms with Gasteiger partial charge in [-0.1, -0.05) is 6.07 Å². The van der Waals surface area contributed by atoms with E-state index in [4.69, 9.17) is 19.6 Å². The summed E-state index contributed by atoms with van der Waals surface area (Å²) in [5, 5.41) is 0. The first-order valence-electron chi connectivity index (χ1n) is 5.73. The largest absolute Gasteiger partial charge is 0.497 e. The molecule has 0 aliphatic rings. The van der Waals surface area contributed by atoms with E-state index < -0.39 is 5.97 Å². The number of hydrogen-bond donors (Lipinski definition) is 1. The van der Waals surface area contributed by atoms with Crippen molar-refractivity contribution >= 4 is 11.9 Å². The second-order valence-corrected chi connectivity index (χ2v) is 3.68. The molecule has 1 aromatic carbocycles. The molecule has 0 saturated heterocycles. The summed E-state index contributed by atoms with van der Waals surface area (Å²) in [5.74, 6) is 0.251. The highest BCUT2D eigenvalue weighted by Crippen LogP contribution is 2.26. The number of hydrogen-bond acceptors (Lipinski definition) is 6. The summed E-state index contributed by atoms with van der Waals surface area (Å²) in [7, 11) is 1.56. The van der Waals surface area contributed by atoms with Gasteiger partial charge in [-0.15, -0.1) is 0 Å². The minimum atomic E-state index is -0.599. The van der Waals surface area contributed by atoms with Gasteiger partial charge in [0.05, 0.1) is 13.7 Å². The second-order valence-electron chi connectivity index (χ2n) is 3.68. The third-order valence-corrected chi connectivity index (χ3v) is 2.44. The maximum absolute atomic E-state index is 11.6. The summed E-state index contributed by atoms with van der Waals surface area (Å²) in [6, 6.07) is 7.10. The lowest BCUT2D eigenvalue weighted by molar-refractivity contribution is 0.0521. The number of nitrogen functional groups attached to an aromatic ring is 1. The predicted octanol–water partition coefficient (Wildman–Crippen LogP) is 2.11. The van der Waals surface area contributed by atoms with Crippen LogP contribution in [0.1, 0.15) is 17.4 Å². The number of nitrogens with two attached hydrogens (primary N) is 1. The molecule has 0 atom stereocenters. The molecule has 0 radical (unpaired) electrons. The van der Waals surface area contributed by atoms with Crippen LogP contribution < -0.4 is 10.5 Å². The Morgan fingerprint density at radius 3 is 2.95 bits per heavy atom. The molecule has 1 aromatic heterocycles. The third-order valence-electron chi connectivity index (χ3n) is 2.44. The van der Waals surface area contributed by atoms with Crippen molar-refractivity contribution in [2.24, 2.45) is 0 Å². The topological polar surface area (TPSA) is 87.6 Å². The molecule has 6 heteroatoms. The fourth-order valence-corrected chi connectivity index (χ4v) is 1.56. The van der Waals surface area contributed by atoms with Crippen LogP contribution in [0.4, 0.5) is 5.88 Å². The Labute approximate surface area is 110 Å². The quantitative estimate of drug-likeness (QED) is 0.849. The van der Waals surface area contributed by atoms with Gasteiger partial charge in [0.1, 0.15) is 5.75 Å². The lowest BCUT2D eigenvalue weighted by atomic mass is 10.2. The summed E-state index contributed by atoms with van der Waals surface area (Å²) in [6.45, 7) is 1.96. The van der Waals surface area contributed by atoms with Gasteiger partial charge in [0.2, 0.25) is 17.5 Å². The van der Waals surface area contributed by atoms with Crippen molar-refractivity contribution < 1.29 is 18.7 Å². The molecule has 19 heavy (non-hydrogen) atoms. The highest BCUT2D eigenvalue weighted by atomic mass is 16.5. The Hall–Kier alpha value is -2.50. The highest BCUT2D eigenvalue weighted by molar-refractivity contribution is 5.92. The zero-order valence-electron chi connectivity index (χ0n) is 10.7. The predicted molar refractivity (Wildman–Crippen MR) is 68.9 cm³/mol. The fourth-order valence-electron chi connectivity index (χ4n) is 1.56. The average Bonchev–Trinajstić information content (AvgIpc) is 2.81. The van der Waals surface area contributed by atoms with Crippen LogP contribution in [-0.2, 0) is 4.74 Å². The van der Waals surface area contributed by atoms with E-state index in [0.717, 1.165) is 0 Å². The van der Waals surface area contributed by atoms with Crippen molar-refractivity contribution in [3.05, 3.63) is 30.0 Å². The SMILES string of the molecule is CCOC(=O)c1nc(-c2cccc(OC)c2)oc1N. The first-order valence-corrected chi connectivity index (χ1v) is 5.73. The molecular formula is C13H14N2O4. The summed E-state index contributed by atoms with van der Waals surface area (Å²) in [4.78, 5) is 15.6. The van der Waals surface area contributed by atoms with Crippen LogP contribution in [0.15, 0.2) is 28.7 Å². The molecule has 1 heterocycles. The second kappa shape index (κ2) is 5.43. The summed E-state index contributed by atoms with van der Waals surface area (Å²) in [5.41, 5.74) is 6.27. The molecular weight excluding hydrogens is 248 g/mol. The van der Waals surface area contributed by atoms with Crippen LogP contribution in [0.25, 0.3) is 11.5 Å². The molecule has 100 valence electrons. The minimum Gasteiger partial charge on any atom is -0.497 e. The van der Waals surface area contributed by atoms with Crippen LogP contribution in [0.5, 0.6) is 5.75 Å². The van der Waals surface area contributed by atoms with E-state index in [1.807, 2.05) is 0 Å². The zero-order chi connectivity index (χ0) is 13.8. The summed E-state index contributed by atoms with van der Waals surface area (Å²) >= 11 is 0. The van der Waals surface area contributed by atoms with Crippen molar-refractivity contribution in [2.45, 2.75) is 6.92 Å². The van der Waals surface area contributed by atoms with E-state index in [9.17, 15) is 4.79 Å². The van der Waals surface area contributed by atoms with Gasteiger partial charge in [0, 0.05) is 5.56 Å². The Balaban J connectivity index is 2.36. The number of benzene rings is 1. The molecule has 0 amide bonds. The van der Waals surface area contributed by atoms with Crippen LogP contribution in [0.3, 0.4) is 0 Å². The van der Waals surface area contributed by atoms with Gasteiger partial charge < -0.3 is 19.6 Å². The number of oxazole rings is 1. The van der Waals surface area contributed by atoms with Crippen LogP contribution in [-0.4, -0.2) is 24.7 Å². The molecule has 2 rings (SSSR count). The lowest BCUT2D eigenvalue weighted by Crippen LogP contribution is -2.07. The van der Waals surface area contributed by atoms with E-state index >= 15 is 0 Å². The molecule has 0 spiro atoms. The van der Waals surface area contributed by atoms with Crippen molar-refractivity contribution in [3.8, 4) is 17.2 Å². The smallest absolute Gasteiger partial charge is 0.362 e. The number of nitrogens with zero attached hydrogens (tertiary/aromatic N) is 1. The number of carbonyl (C=O) groups is 1. The number of anilines is 1. The Kier molecular flexibility index (Phi) is 3.70. The van der Waals surface area contributed by atoms with Crippen molar-refractivity contribution in [3.63, 3.8) is 0 Å². The van der Waals surface area contributed by atoms with Crippen LogP contribution in [0.2, 0.25) is 0 Å². The highest BCUT2D eigenvalue weighted by Gasteiger charge is 2.20. The van der Waals surface area contributed by atoms with E-state index in [1.54, 1.807) is 38.3 Å². The van der Waals surface area contributed by atoms with E-state index in [0.29, 0.717) is 11.3 Å². The van der Waals surface area contributed by atoms with Crippen molar-refractivity contribution in [1.29, 1.82) is 0 Å². The number of methoxy groups -OCH3 is 1. The molecule has 0 aliphatic heterocycles. The van der Waals surface area contributed by atoms with Gasteiger partial charge in [-0.05, 0) is 25.1 Å². The molecule has 2 N–H and O–H groups in total. The maximum atomic E-state index is 11.6. The van der Waals surface area contributed by atoms with Crippen molar-refractivity contribution in [2.75, 3.05) is 19.5 Å². The molecule has 0 unspecified atom stereocenters. The van der Waals surface area contributed by atoms with Gasteiger partial charge in [0.25, 0.3) is 0 Å². The summed E-state index contributed by atoms with van der Waals surface area (Å²) in [6.07, 6.45) is 0. The normalized spacial score (nSPS) is 10.2. The van der Waals surface area contributed by atoms with Gasteiger partial charge in [-0.3, -0.25) is 0 Å². The first-order chi connectivity index (χ1) is 9.15. The van der Waals surface area contributed by atoms with Gasteiger partial charge in [0.15, 0.2) is 0 Å². The lowest BCUT2D eigenvalue weighted by Gasteiger charge is -2.00. The van der Waals surface area contributed by atoms with E-state index in [2.05, 4.69) is 4.98 Å². The van der Waals surface area contributed by atoms with Gasteiger partial charge in [-0.25, -0.2) is 4.79 Å². The summed E-state index contributed by atoms with van der Waals surface area (Å²) < 4.78 is 15.2. The van der Waals surface area contributed by atoms with E-state index in [-0.39, 0.29) is 24.1 Å².